The van der Waals surface area contributed by atoms with Crippen LogP contribution in [-0.2, 0) is 4.79 Å². The molecule has 0 bridgehead atoms. The van der Waals surface area contributed by atoms with Gasteiger partial charge in [-0.25, -0.2) is 4.79 Å². The van der Waals surface area contributed by atoms with Gasteiger partial charge in [0, 0.05) is 5.70 Å². The summed E-state index contributed by atoms with van der Waals surface area (Å²) in [5.41, 5.74) is 1.62. The molecule has 0 aliphatic carbocycles. The number of esters is 1. The zero-order valence-corrected chi connectivity index (χ0v) is 14.9. The van der Waals surface area contributed by atoms with Crippen molar-refractivity contribution in [2.24, 2.45) is 4.99 Å². The number of rotatable bonds is 3. The van der Waals surface area contributed by atoms with Gasteiger partial charge >= 0.3 is 5.97 Å². The lowest BCUT2D eigenvalue weighted by atomic mass is 10.1. The molecule has 0 spiro atoms. The third-order valence-electron chi connectivity index (χ3n) is 3.89. The first-order chi connectivity index (χ1) is 13.0. The molecule has 0 fully saturated rings. The number of carbonyl (C=O) groups excluding carboxylic acids is 2. The Morgan fingerprint density at radius 2 is 2.19 bits per heavy atom. The highest BCUT2D eigenvalue weighted by atomic mass is 32.2. The van der Waals surface area contributed by atoms with Crippen LogP contribution in [0, 0.1) is 5.41 Å². The predicted molar refractivity (Wildman–Crippen MR) is 101 cm³/mol. The number of thioether (sulfide) groups is 1. The van der Waals surface area contributed by atoms with Crippen molar-refractivity contribution in [2.45, 2.75) is 6.92 Å². The molecule has 0 unspecified atom stereocenters. The van der Waals surface area contributed by atoms with E-state index in [9.17, 15) is 9.59 Å². The molecule has 0 atom stereocenters. The van der Waals surface area contributed by atoms with Gasteiger partial charge in [0.05, 0.1) is 11.8 Å². The average Bonchev–Trinajstić information content (AvgIpc) is 3.29. The number of nitrogens with one attached hydrogen (secondary N) is 1. The normalized spacial score (nSPS) is 17.7. The lowest BCUT2D eigenvalue weighted by Gasteiger charge is -2.25. The fraction of sp³-hybridized carbons (Fsp3) is 0.0526. The molecular formula is C19H13N3O4S. The minimum absolute atomic E-state index is 0.0710. The highest BCUT2D eigenvalue weighted by Gasteiger charge is 2.33. The lowest BCUT2D eigenvalue weighted by Crippen LogP contribution is -2.37. The Kier molecular flexibility index (Phi) is 4.25. The van der Waals surface area contributed by atoms with Crippen LogP contribution < -0.4 is 4.74 Å². The van der Waals surface area contributed by atoms with E-state index in [2.05, 4.69) is 4.99 Å². The Balaban J connectivity index is 1.61. The fourth-order valence-corrected chi connectivity index (χ4v) is 3.49. The topological polar surface area (TPSA) is 96.0 Å². The molecule has 2 aliphatic heterocycles. The first-order valence-electron chi connectivity index (χ1n) is 7.96. The van der Waals surface area contributed by atoms with Crippen LogP contribution >= 0.6 is 11.8 Å². The second-order valence-corrected chi connectivity index (χ2v) is 6.59. The van der Waals surface area contributed by atoms with E-state index in [0.717, 1.165) is 5.70 Å². The Morgan fingerprint density at radius 3 is 2.96 bits per heavy atom. The molecule has 1 N–H and O–H groups in total. The number of fused-ring (bicyclic) bond motifs is 1. The fourth-order valence-electron chi connectivity index (χ4n) is 2.63. The predicted octanol–water partition coefficient (Wildman–Crippen LogP) is 3.67. The number of furan rings is 1. The summed E-state index contributed by atoms with van der Waals surface area (Å²) in [7, 11) is 0. The summed E-state index contributed by atoms with van der Waals surface area (Å²) in [4.78, 5) is 30.0. The number of hydrogen-bond donors (Lipinski definition) is 1. The second kappa shape index (κ2) is 6.73. The SMILES string of the molecule is CC1=CSC2=NC(=O)C(=Cc3cccc(OC(=O)c4ccco4)c3)C(=N)N12. The third kappa shape index (κ3) is 3.22. The van der Waals surface area contributed by atoms with Gasteiger partial charge in [0.2, 0.25) is 5.76 Å². The zero-order valence-electron chi connectivity index (χ0n) is 14.1. The van der Waals surface area contributed by atoms with E-state index in [-0.39, 0.29) is 17.2 Å². The molecule has 7 nitrogen and oxygen atoms in total. The van der Waals surface area contributed by atoms with Crippen molar-refractivity contribution in [3.05, 3.63) is 70.7 Å². The number of benzene rings is 1. The Morgan fingerprint density at radius 1 is 1.33 bits per heavy atom. The number of nitrogens with zero attached hydrogens (tertiary/aromatic N) is 2. The maximum Gasteiger partial charge on any atom is 0.379 e. The van der Waals surface area contributed by atoms with Crippen molar-refractivity contribution in [1.29, 1.82) is 5.41 Å². The van der Waals surface area contributed by atoms with Gasteiger partial charge < -0.3 is 9.15 Å². The molecule has 0 radical (unpaired) electrons. The van der Waals surface area contributed by atoms with E-state index >= 15 is 0 Å². The number of allylic oxidation sites excluding steroid dienone is 1. The van der Waals surface area contributed by atoms with E-state index in [0.29, 0.717) is 16.5 Å². The molecule has 2 aromatic rings. The van der Waals surface area contributed by atoms with Crippen molar-refractivity contribution < 1.29 is 18.7 Å². The number of amides is 1. The molecular weight excluding hydrogens is 366 g/mol. The van der Waals surface area contributed by atoms with Crippen molar-refractivity contribution in [3.63, 3.8) is 0 Å². The second-order valence-electron chi connectivity index (χ2n) is 5.76. The number of amidine groups is 2. The van der Waals surface area contributed by atoms with Crippen LogP contribution in [0.2, 0.25) is 0 Å². The summed E-state index contributed by atoms with van der Waals surface area (Å²) >= 11 is 1.32. The number of aliphatic imine (C=N–C) groups is 1. The summed E-state index contributed by atoms with van der Waals surface area (Å²) < 4.78 is 10.3. The van der Waals surface area contributed by atoms with Gasteiger partial charge in [-0.2, -0.15) is 4.99 Å². The summed E-state index contributed by atoms with van der Waals surface area (Å²) in [6.07, 6.45) is 2.95. The summed E-state index contributed by atoms with van der Waals surface area (Å²) in [5, 5.41) is 10.7. The molecule has 134 valence electrons. The molecule has 4 rings (SSSR count). The first kappa shape index (κ1) is 17.0. The maximum absolute atomic E-state index is 12.3. The van der Waals surface area contributed by atoms with Crippen LogP contribution in [0.5, 0.6) is 5.75 Å². The number of ether oxygens (including phenoxy) is 1. The zero-order chi connectivity index (χ0) is 19.0. The van der Waals surface area contributed by atoms with Crippen molar-refractivity contribution in [3.8, 4) is 5.75 Å². The van der Waals surface area contributed by atoms with E-state index in [4.69, 9.17) is 14.6 Å². The highest BCUT2D eigenvalue weighted by Crippen LogP contribution is 2.32. The first-order valence-corrected chi connectivity index (χ1v) is 8.84. The van der Waals surface area contributed by atoms with Gasteiger partial charge in [-0.05, 0) is 48.2 Å². The molecule has 0 saturated carbocycles. The van der Waals surface area contributed by atoms with Crippen LogP contribution in [0.4, 0.5) is 0 Å². The van der Waals surface area contributed by atoms with Crippen molar-refractivity contribution in [2.75, 3.05) is 0 Å². The maximum atomic E-state index is 12.3. The minimum atomic E-state index is -0.615. The van der Waals surface area contributed by atoms with Gasteiger partial charge in [0.1, 0.15) is 11.6 Å². The number of hydrogen-bond acceptors (Lipinski definition) is 6. The van der Waals surface area contributed by atoms with Crippen molar-refractivity contribution >= 4 is 40.7 Å². The smallest absolute Gasteiger partial charge is 0.379 e. The molecule has 1 aromatic heterocycles. The van der Waals surface area contributed by atoms with Gasteiger partial charge in [0.15, 0.2) is 5.17 Å². The van der Waals surface area contributed by atoms with E-state index in [1.54, 1.807) is 41.3 Å². The average molecular weight is 379 g/mol. The van der Waals surface area contributed by atoms with Crippen molar-refractivity contribution in [1.82, 2.24) is 4.90 Å². The standard InChI is InChI=1S/C19H13N3O4S/c1-11-10-27-19-21-17(23)14(16(20)22(11)19)9-12-4-2-5-13(8-12)26-18(24)15-6-3-7-25-15/h2-10,20H,1H3. The Labute approximate surface area is 158 Å². The molecule has 1 aromatic carbocycles. The molecule has 8 heteroatoms. The third-order valence-corrected chi connectivity index (χ3v) is 4.83. The van der Waals surface area contributed by atoms with Crippen LogP contribution in [0.1, 0.15) is 23.0 Å². The summed E-state index contributed by atoms with van der Waals surface area (Å²) in [6, 6.07) is 9.78. The van der Waals surface area contributed by atoms with Gasteiger partial charge in [-0.1, -0.05) is 23.9 Å². The van der Waals surface area contributed by atoms with Gasteiger partial charge in [-0.3, -0.25) is 15.1 Å². The largest absolute Gasteiger partial charge is 0.457 e. The highest BCUT2D eigenvalue weighted by molar-refractivity contribution is 8.16. The Hall–Kier alpha value is -3.39. The van der Waals surface area contributed by atoms with E-state index in [1.165, 1.54) is 24.1 Å². The molecule has 3 heterocycles. The minimum Gasteiger partial charge on any atom is -0.457 e. The quantitative estimate of drug-likeness (QED) is 0.497. The Bertz CT molecular complexity index is 1050. The van der Waals surface area contributed by atoms with E-state index < -0.39 is 11.9 Å². The number of carbonyl (C=O) groups is 2. The van der Waals surface area contributed by atoms with Crippen LogP contribution in [0.25, 0.3) is 6.08 Å². The lowest BCUT2D eigenvalue weighted by molar-refractivity contribution is -0.114. The summed E-state index contributed by atoms with van der Waals surface area (Å²) in [6.45, 7) is 1.85. The van der Waals surface area contributed by atoms with Crippen LogP contribution in [0.15, 0.2) is 68.7 Å². The van der Waals surface area contributed by atoms with Crippen LogP contribution in [0.3, 0.4) is 0 Å². The molecule has 0 saturated heterocycles. The summed E-state index contributed by atoms with van der Waals surface area (Å²) in [5.74, 6) is -0.617. The van der Waals surface area contributed by atoms with Gasteiger partial charge in [0.25, 0.3) is 5.91 Å². The molecule has 1 amide bonds. The van der Waals surface area contributed by atoms with Crippen LogP contribution in [-0.4, -0.2) is 27.8 Å². The monoisotopic (exact) mass is 379 g/mol. The molecule has 2 aliphatic rings. The van der Waals surface area contributed by atoms with E-state index in [1.807, 2.05) is 12.3 Å². The molecule has 27 heavy (non-hydrogen) atoms. The van der Waals surface area contributed by atoms with Gasteiger partial charge in [-0.15, -0.1) is 0 Å².